The summed E-state index contributed by atoms with van der Waals surface area (Å²) in [5.74, 6) is 0. The summed E-state index contributed by atoms with van der Waals surface area (Å²) in [7, 11) is 0. The van der Waals surface area contributed by atoms with E-state index in [-0.39, 0.29) is 21.7 Å². The molecule has 5 heteroatoms. The van der Waals surface area contributed by atoms with E-state index >= 15 is 0 Å². The van der Waals surface area contributed by atoms with Crippen molar-refractivity contribution in [3.05, 3.63) is 116 Å². The monoisotopic (exact) mass is 764 g/mol. The molecule has 0 saturated heterocycles. The lowest BCUT2D eigenvalue weighted by atomic mass is 9.78. The second-order valence-corrected chi connectivity index (χ2v) is 19.7. The lowest BCUT2D eigenvalue weighted by Crippen LogP contribution is -2.16. The normalized spacial score (nSPS) is 13.6. The molecule has 0 unspecified atom stereocenters. The standard InChI is InChI=1S/C48H53BrN4/c1-45(2,3)30-21-28(22-31(25-30)46(4,5)6)42-36-15-13-34(50-36)27-35-14-16-40(51-35)44(49)41-20-19-39(53-41)43(38-18-17-37(42)52-38)29-23-32(47(7,8)9)26-33(24-29)48(10,11)12/h13-27,50-51H,1-12H3. The average Bonchev–Trinajstić information content (AvgIpc) is 3.88. The summed E-state index contributed by atoms with van der Waals surface area (Å²) < 4.78 is 0.918. The Morgan fingerprint density at radius 2 is 0.774 bits per heavy atom. The zero-order valence-electron chi connectivity index (χ0n) is 33.4. The van der Waals surface area contributed by atoms with Gasteiger partial charge in [0.05, 0.1) is 32.8 Å². The van der Waals surface area contributed by atoms with Gasteiger partial charge in [-0.05, 0) is 126 Å². The number of benzene rings is 2. The van der Waals surface area contributed by atoms with Gasteiger partial charge in [-0.15, -0.1) is 0 Å². The number of nitrogens with zero attached hydrogens (tertiary/aromatic N) is 2. The molecule has 53 heavy (non-hydrogen) atoms. The van der Waals surface area contributed by atoms with Crippen LogP contribution in [0.4, 0.5) is 0 Å². The molecule has 0 amide bonds. The third-order valence-corrected chi connectivity index (χ3v) is 11.2. The highest BCUT2D eigenvalue weighted by Crippen LogP contribution is 2.41. The van der Waals surface area contributed by atoms with Gasteiger partial charge in [0.15, 0.2) is 0 Å². The SMILES string of the molecule is CC(C)(C)c1cc(-c2c3nc(c(Br)c4ccc(cc5ccc([nH]5)c(-c5cc(C(C)(C)C)cc(C(C)(C)C)c5)c5nc2C=C5)[nH]4)C=C3)cc(C(C)(C)C)c1. The number of hydrogen-bond donors (Lipinski definition) is 2. The summed E-state index contributed by atoms with van der Waals surface area (Å²) >= 11 is 3.89. The molecule has 3 aromatic heterocycles. The Hall–Kier alpha value is -4.48. The minimum Gasteiger partial charge on any atom is -0.355 e. The minimum absolute atomic E-state index is 0.0320. The fourth-order valence-electron chi connectivity index (χ4n) is 6.98. The molecule has 5 aromatic rings. The molecule has 5 heterocycles. The largest absolute Gasteiger partial charge is 0.355 e. The highest BCUT2D eigenvalue weighted by Gasteiger charge is 2.26. The summed E-state index contributed by atoms with van der Waals surface area (Å²) in [6, 6.07) is 24.9. The van der Waals surface area contributed by atoms with E-state index in [0.29, 0.717) is 0 Å². The van der Waals surface area contributed by atoms with Crippen LogP contribution in [0.2, 0.25) is 0 Å². The van der Waals surface area contributed by atoms with E-state index in [9.17, 15) is 0 Å². The van der Waals surface area contributed by atoms with Crippen molar-refractivity contribution in [3.63, 3.8) is 0 Å². The van der Waals surface area contributed by atoms with Gasteiger partial charge in [0.1, 0.15) is 0 Å². The van der Waals surface area contributed by atoms with E-state index in [1.54, 1.807) is 0 Å². The highest BCUT2D eigenvalue weighted by atomic mass is 79.9. The highest BCUT2D eigenvalue weighted by molar-refractivity contribution is 9.10. The average molecular weight is 766 g/mol. The Bertz CT molecular complexity index is 2430. The first kappa shape index (κ1) is 36.9. The lowest BCUT2D eigenvalue weighted by Gasteiger charge is -2.26. The van der Waals surface area contributed by atoms with Gasteiger partial charge in [-0.2, -0.15) is 0 Å². The molecule has 0 atom stereocenters. The van der Waals surface area contributed by atoms with Gasteiger partial charge in [0.25, 0.3) is 0 Å². The van der Waals surface area contributed by atoms with Crippen LogP contribution in [0.3, 0.4) is 0 Å². The molecule has 0 aliphatic carbocycles. The molecule has 0 saturated carbocycles. The molecule has 2 aliphatic heterocycles. The maximum Gasteiger partial charge on any atom is 0.0801 e. The number of halogens is 1. The maximum absolute atomic E-state index is 5.55. The van der Waals surface area contributed by atoms with Crippen molar-refractivity contribution in [3.8, 4) is 22.3 Å². The van der Waals surface area contributed by atoms with E-state index in [2.05, 4.69) is 200 Å². The van der Waals surface area contributed by atoms with Crippen molar-refractivity contribution < 1.29 is 0 Å². The molecule has 7 rings (SSSR count). The maximum atomic E-state index is 5.55. The topological polar surface area (TPSA) is 57.4 Å². The summed E-state index contributed by atoms with van der Waals surface area (Å²) in [5.41, 5.74) is 17.0. The van der Waals surface area contributed by atoms with Crippen LogP contribution >= 0.6 is 15.9 Å². The number of nitrogens with one attached hydrogen (secondary N) is 2. The molecule has 2 N–H and O–H groups in total. The first-order chi connectivity index (χ1) is 24.6. The number of aromatic nitrogens is 4. The zero-order chi connectivity index (χ0) is 38.2. The Morgan fingerprint density at radius 3 is 1.23 bits per heavy atom. The molecule has 0 radical (unpaired) electrons. The molecule has 4 nitrogen and oxygen atoms in total. The molecule has 2 aromatic carbocycles. The van der Waals surface area contributed by atoms with Crippen LogP contribution in [0.25, 0.3) is 68.6 Å². The van der Waals surface area contributed by atoms with E-state index in [1.807, 2.05) is 0 Å². The fraction of sp³-hybridized carbons (Fsp3) is 0.333. The molecule has 2 aliphatic rings. The fourth-order valence-corrected chi connectivity index (χ4v) is 7.43. The van der Waals surface area contributed by atoms with E-state index in [1.165, 1.54) is 22.3 Å². The summed E-state index contributed by atoms with van der Waals surface area (Å²) in [4.78, 5) is 18.2. The Labute approximate surface area is 324 Å². The number of H-pyrrole nitrogens is 2. The second-order valence-electron chi connectivity index (χ2n) is 18.9. The summed E-state index contributed by atoms with van der Waals surface area (Å²) in [6.07, 6.45) is 8.61. The number of hydrogen-bond acceptors (Lipinski definition) is 2. The van der Waals surface area contributed by atoms with Crippen LogP contribution in [0.15, 0.2) is 71.2 Å². The number of rotatable bonds is 2. The zero-order valence-corrected chi connectivity index (χ0v) is 35.0. The van der Waals surface area contributed by atoms with Crippen LogP contribution in [0.5, 0.6) is 0 Å². The predicted octanol–water partition coefficient (Wildman–Crippen LogP) is 13.9. The van der Waals surface area contributed by atoms with Crippen LogP contribution in [-0.2, 0) is 21.7 Å². The Balaban J connectivity index is 1.66. The van der Waals surface area contributed by atoms with Crippen molar-refractivity contribution in [2.24, 2.45) is 0 Å². The molecular formula is C48H53BrN4. The lowest BCUT2D eigenvalue weighted by molar-refractivity contribution is 0.568. The van der Waals surface area contributed by atoms with Crippen molar-refractivity contribution in [1.82, 2.24) is 19.9 Å². The van der Waals surface area contributed by atoms with Gasteiger partial charge in [-0.25, -0.2) is 9.97 Å². The van der Waals surface area contributed by atoms with Crippen LogP contribution in [0, 0.1) is 0 Å². The smallest absolute Gasteiger partial charge is 0.0801 e. The third-order valence-electron chi connectivity index (χ3n) is 10.4. The van der Waals surface area contributed by atoms with Gasteiger partial charge in [0.2, 0.25) is 0 Å². The molecule has 0 spiro atoms. The second kappa shape index (κ2) is 12.8. The van der Waals surface area contributed by atoms with Crippen LogP contribution in [-0.4, -0.2) is 19.9 Å². The van der Waals surface area contributed by atoms with Gasteiger partial charge >= 0.3 is 0 Å². The minimum atomic E-state index is -0.0433. The summed E-state index contributed by atoms with van der Waals surface area (Å²) in [5, 5.41) is 0. The number of fused-ring (bicyclic) bond motifs is 8. The Kier molecular flexibility index (Phi) is 8.92. The predicted molar refractivity (Wildman–Crippen MR) is 232 cm³/mol. The first-order valence-electron chi connectivity index (χ1n) is 18.8. The molecular weight excluding hydrogens is 712 g/mol. The van der Waals surface area contributed by atoms with Gasteiger partial charge in [-0.1, -0.05) is 119 Å². The third kappa shape index (κ3) is 7.38. The Morgan fingerprint density at radius 1 is 0.415 bits per heavy atom. The van der Waals surface area contributed by atoms with Crippen molar-refractivity contribution >= 4 is 62.3 Å². The van der Waals surface area contributed by atoms with Crippen LogP contribution < -0.4 is 0 Å². The van der Waals surface area contributed by atoms with Crippen molar-refractivity contribution in [2.75, 3.05) is 0 Å². The molecule has 8 bridgehead atoms. The quantitative estimate of drug-likeness (QED) is 0.184. The molecule has 272 valence electrons. The van der Waals surface area contributed by atoms with Gasteiger partial charge in [0, 0.05) is 27.7 Å². The van der Waals surface area contributed by atoms with Crippen molar-refractivity contribution in [2.45, 2.75) is 105 Å². The molecule has 0 fully saturated rings. The number of aromatic amines is 2. The van der Waals surface area contributed by atoms with E-state index in [0.717, 1.165) is 71.6 Å². The van der Waals surface area contributed by atoms with Crippen LogP contribution in [0.1, 0.15) is 128 Å². The summed E-state index contributed by atoms with van der Waals surface area (Å²) in [6.45, 7) is 27.5. The van der Waals surface area contributed by atoms with Crippen molar-refractivity contribution in [1.29, 1.82) is 0 Å². The first-order valence-corrected chi connectivity index (χ1v) is 19.6. The van der Waals surface area contributed by atoms with E-state index in [4.69, 9.17) is 9.97 Å². The van der Waals surface area contributed by atoms with E-state index < -0.39 is 0 Å². The van der Waals surface area contributed by atoms with Gasteiger partial charge < -0.3 is 9.97 Å². The van der Waals surface area contributed by atoms with Gasteiger partial charge in [-0.3, -0.25) is 0 Å².